The smallest absolute Gasteiger partial charge is 0.146 e. The van der Waals surface area contributed by atoms with Crippen molar-refractivity contribution in [2.45, 2.75) is 32.0 Å². The van der Waals surface area contributed by atoms with Gasteiger partial charge in [-0.05, 0) is 44.5 Å². The summed E-state index contributed by atoms with van der Waals surface area (Å²) in [5, 5.41) is 6.60. The van der Waals surface area contributed by atoms with Gasteiger partial charge in [0.15, 0.2) is 0 Å². The summed E-state index contributed by atoms with van der Waals surface area (Å²) in [5.74, 6) is 1.62. The van der Waals surface area contributed by atoms with Gasteiger partial charge in [-0.2, -0.15) is 0 Å². The number of aryl methyl sites for hydroxylation is 1. The Morgan fingerprint density at radius 2 is 1.60 bits per heavy atom. The van der Waals surface area contributed by atoms with Gasteiger partial charge in [0.05, 0.1) is 5.69 Å². The minimum Gasteiger partial charge on any atom is -0.489 e. The Bertz CT molecular complexity index is 427. The normalized spacial score (nSPS) is 25.9. The molecule has 1 aromatic rings. The fraction of sp³-hybridized carbons (Fsp3) is 0.600. The highest BCUT2D eigenvalue weighted by Crippen LogP contribution is 2.33. The molecule has 0 radical (unpaired) electrons. The second-order valence-electron chi connectivity index (χ2n) is 5.62. The molecule has 1 aromatic carbocycles. The number of benzene rings is 1. The number of hydrogen-bond acceptors (Lipinski definition) is 5. The van der Waals surface area contributed by atoms with Crippen LogP contribution >= 0.6 is 0 Å². The SMILES string of the molecule is Cc1cc(N)c(OC2CCNC2)cc1OC1CCNC1. The first-order chi connectivity index (χ1) is 9.72. The van der Waals surface area contributed by atoms with Gasteiger partial charge in [-0.15, -0.1) is 0 Å². The average molecular weight is 277 g/mol. The lowest BCUT2D eigenvalue weighted by Gasteiger charge is -2.19. The number of nitrogens with two attached hydrogens (primary N) is 1. The monoisotopic (exact) mass is 277 g/mol. The standard InChI is InChI=1S/C15H23N3O2/c1-10-6-13(16)15(20-12-3-5-18-9-12)7-14(10)19-11-2-4-17-8-11/h6-7,11-12,17-18H,2-5,8-9,16H2,1H3. The minimum absolute atomic E-state index is 0.209. The molecule has 2 aliphatic rings. The minimum atomic E-state index is 0.209. The molecule has 110 valence electrons. The Kier molecular flexibility index (Phi) is 3.98. The zero-order chi connectivity index (χ0) is 13.9. The van der Waals surface area contributed by atoms with Crippen LogP contribution in [0.5, 0.6) is 11.5 Å². The predicted molar refractivity (Wildman–Crippen MR) is 79.4 cm³/mol. The van der Waals surface area contributed by atoms with Gasteiger partial charge in [-0.25, -0.2) is 0 Å². The molecule has 2 unspecified atom stereocenters. The summed E-state index contributed by atoms with van der Waals surface area (Å²) in [6, 6.07) is 3.89. The van der Waals surface area contributed by atoms with E-state index in [-0.39, 0.29) is 12.2 Å². The molecule has 2 heterocycles. The highest BCUT2D eigenvalue weighted by atomic mass is 16.5. The Morgan fingerprint density at radius 3 is 2.15 bits per heavy atom. The summed E-state index contributed by atoms with van der Waals surface area (Å²) in [5.41, 5.74) is 7.81. The highest BCUT2D eigenvalue weighted by molar-refractivity contribution is 5.59. The number of ether oxygens (including phenoxy) is 2. The van der Waals surface area contributed by atoms with E-state index in [2.05, 4.69) is 10.6 Å². The molecule has 2 fully saturated rings. The molecule has 2 atom stereocenters. The number of anilines is 1. The van der Waals surface area contributed by atoms with Crippen LogP contribution in [0, 0.1) is 6.92 Å². The van der Waals surface area contributed by atoms with E-state index in [1.165, 1.54) is 0 Å². The number of rotatable bonds is 4. The third kappa shape index (κ3) is 2.99. The van der Waals surface area contributed by atoms with E-state index in [4.69, 9.17) is 15.2 Å². The van der Waals surface area contributed by atoms with Crippen molar-refractivity contribution in [3.05, 3.63) is 17.7 Å². The van der Waals surface area contributed by atoms with Gasteiger partial charge in [-0.3, -0.25) is 0 Å². The molecule has 0 aliphatic carbocycles. The second kappa shape index (κ2) is 5.89. The van der Waals surface area contributed by atoms with Gasteiger partial charge in [0.1, 0.15) is 23.7 Å². The van der Waals surface area contributed by atoms with Crippen LogP contribution in [-0.2, 0) is 0 Å². The maximum atomic E-state index is 6.06. The fourth-order valence-electron chi connectivity index (χ4n) is 2.74. The maximum absolute atomic E-state index is 6.06. The summed E-state index contributed by atoms with van der Waals surface area (Å²) in [4.78, 5) is 0. The van der Waals surface area contributed by atoms with Crippen LogP contribution in [0.15, 0.2) is 12.1 Å². The van der Waals surface area contributed by atoms with Crippen molar-refractivity contribution in [3.63, 3.8) is 0 Å². The van der Waals surface area contributed by atoms with Crippen LogP contribution in [0.3, 0.4) is 0 Å². The van der Waals surface area contributed by atoms with Crippen molar-refractivity contribution >= 4 is 5.69 Å². The zero-order valence-electron chi connectivity index (χ0n) is 11.9. The number of nitrogens with one attached hydrogen (secondary N) is 2. The third-order valence-electron chi connectivity index (χ3n) is 3.92. The summed E-state index contributed by atoms with van der Waals surface area (Å²) in [6.45, 7) is 5.85. The van der Waals surface area contributed by atoms with Crippen LogP contribution in [0.2, 0.25) is 0 Å². The summed E-state index contributed by atoms with van der Waals surface area (Å²) >= 11 is 0. The quantitative estimate of drug-likeness (QED) is 0.718. The van der Waals surface area contributed by atoms with Gasteiger partial charge < -0.3 is 25.8 Å². The molecule has 2 saturated heterocycles. The molecule has 0 amide bonds. The van der Waals surface area contributed by atoms with E-state index in [0.29, 0.717) is 5.69 Å². The largest absolute Gasteiger partial charge is 0.489 e. The molecule has 5 heteroatoms. The van der Waals surface area contributed by atoms with Gasteiger partial charge in [0.2, 0.25) is 0 Å². The first-order valence-corrected chi connectivity index (χ1v) is 7.37. The summed E-state index contributed by atoms with van der Waals surface area (Å²) < 4.78 is 12.0. The Balaban J connectivity index is 1.74. The molecule has 4 N–H and O–H groups in total. The van der Waals surface area contributed by atoms with Crippen LogP contribution < -0.4 is 25.8 Å². The average Bonchev–Trinajstić information content (AvgIpc) is 3.08. The third-order valence-corrected chi connectivity index (χ3v) is 3.92. The van der Waals surface area contributed by atoms with Gasteiger partial charge in [0, 0.05) is 19.2 Å². The topological polar surface area (TPSA) is 68.5 Å². The Morgan fingerprint density at radius 1 is 1.00 bits per heavy atom. The molecule has 20 heavy (non-hydrogen) atoms. The van der Waals surface area contributed by atoms with Crippen molar-refractivity contribution in [1.82, 2.24) is 10.6 Å². The zero-order valence-corrected chi connectivity index (χ0v) is 11.9. The summed E-state index contributed by atoms with van der Waals surface area (Å²) in [6.07, 6.45) is 2.53. The molecular weight excluding hydrogens is 254 g/mol. The van der Waals surface area contributed by atoms with Crippen LogP contribution in [0.4, 0.5) is 5.69 Å². The molecule has 2 aliphatic heterocycles. The number of hydrogen-bond donors (Lipinski definition) is 3. The molecule has 0 spiro atoms. The molecule has 0 bridgehead atoms. The highest BCUT2D eigenvalue weighted by Gasteiger charge is 2.20. The molecular formula is C15H23N3O2. The van der Waals surface area contributed by atoms with Gasteiger partial charge >= 0.3 is 0 Å². The maximum Gasteiger partial charge on any atom is 0.146 e. The number of nitrogen functional groups attached to an aromatic ring is 1. The molecule has 0 saturated carbocycles. The molecule has 5 nitrogen and oxygen atoms in total. The van der Waals surface area contributed by atoms with Crippen LogP contribution in [0.25, 0.3) is 0 Å². The first-order valence-electron chi connectivity index (χ1n) is 7.37. The van der Waals surface area contributed by atoms with E-state index < -0.39 is 0 Å². The Hall–Kier alpha value is -1.46. The lowest BCUT2D eigenvalue weighted by atomic mass is 10.1. The predicted octanol–water partition coefficient (Wildman–Crippen LogP) is 1.06. The van der Waals surface area contributed by atoms with Crippen molar-refractivity contribution in [1.29, 1.82) is 0 Å². The van der Waals surface area contributed by atoms with E-state index in [1.807, 2.05) is 19.1 Å². The van der Waals surface area contributed by atoms with Crippen molar-refractivity contribution in [2.75, 3.05) is 31.9 Å². The molecule has 3 rings (SSSR count). The van der Waals surface area contributed by atoms with Crippen molar-refractivity contribution in [2.24, 2.45) is 0 Å². The fourth-order valence-corrected chi connectivity index (χ4v) is 2.74. The van der Waals surface area contributed by atoms with E-state index in [0.717, 1.165) is 56.1 Å². The lowest BCUT2D eigenvalue weighted by molar-refractivity contribution is 0.210. The van der Waals surface area contributed by atoms with Crippen molar-refractivity contribution in [3.8, 4) is 11.5 Å². The first kappa shape index (κ1) is 13.5. The lowest BCUT2D eigenvalue weighted by Crippen LogP contribution is -2.21. The summed E-state index contributed by atoms with van der Waals surface area (Å²) in [7, 11) is 0. The van der Waals surface area contributed by atoms with Gasteiger partial charge in [-0.1, -0.05) is 0 Å². The van der Waals surface area contributed by atoms with E-state index >= 15 is 0 Å². The van der Waals surface area contributed by atoms with E-state index in [9.17, 15) is 0 Å². The second-order valence-corrected chi connectivity index (χ2v) is 5.62. The van der Waals surface area contributed by atoms with Crippen molar-refractivity contribution < 1.29 is 9.47 Å². The van der Waals surface area contributed by atoms with Crippen LogP contribution in [0.1, 0.15) is 18.4 Å². The Labute approximate surface area is 119 Å². The van der Waals surface area contributed by atoms with Crippen LogP contribution in [-0.4, -0.2) is 38.4 Å². The van der Waals surface area contributed by atoms with Gasteiger partial charge in [0.25, 0.3) is 0 Å². The van der Waals surface area contributed by atoms with E-state index in [1.54, 1.807) is 0 Å². The molecule has 0 aromatic heterocycles.